The van der Waals surface area contributed by atoms with Gasteiger partial charge < -0.3 is 10.0 Å². The van der Waals surface area contributed by atoms with Crippen LogP contribution in [-0.2, 0) is 0 Å². The molecule has 0 amide bonds. The maximum atomic E-state index is 10.6. The van der Waals surface area contributed by atoms with Gasteiger partial charge in [0, 0.05) is 12.6 Å². The SMILES string of the molecule is O=[N+]([O-])c1cnc(N2CCCCC2CO)c(Cl)c1. The normalized spacial score (nSPS) is 19.9. The summed E-state index contributed by atoms with van der Waals surface area (Å²) < 4.78 is 0. The summed E-state index contributed by atoms with van der Waals surface area (Å²) >= 11 is 6.04. The van der Waals surface area contributed by atoms with Crippen molar-refractivity contribution in [3.8, 4) is 0 Å². The van der Waals surface area contributed by atoms with Gasteiger partial charge in [0.1, 0.15) is 12.0 Å². The fraction of sp³-hybridized carbons (Fsp3) is 0.545. The van der Waals surface area contributed by atoms with E-state index in [1.54, 1.807) is 0 Å². The number of aliphatic hydroxyl groups excluding tert-OH is 1. The molecule has 0 saturated carbocycles. The zero-order chi connectivity index (χ0) is 13.1. The van der Waals surface area contributed by atoms with Gasteiger partial charge in [0.05, 0.1) is 22.6 Å². The first-order valence-electron chi connectivity index (χ1n) is 5.81. The molecular formula is C11H14ClN3O3. The summed E-state index contributed by atoms with van der Waals surface area (Å²) in [5.41, 5.74) is -0.124. The van der Waals surface area contributed by atoms with Crippen LogP contribution in [0.3, 0.4) is 0 Å². The van der Waals surface area contributed by atoms with E-state index in [0.29, 0.717) is 5.82 Å². The summed E-state index contributed by atoms with van der Waals surface area (Å²) in [6.07, 6.45) is 4.15. The zero-order valence-corrected chi connectivity index (χ0v) is 10.5. The van der Waals surface area contributed by atoms with Crippen molar-refractivity contribution in [2.24, 2.45) is 0 Å². The molecule has 1 aromatic heterocycles. The summed E-state index contributed by atoms with van der Waals surface area (Å²) in [6, 6.07) is 1.29. The molecule has 0 aliphatic carbocycles. The van der Waals surface area contributed by atoms with Crippen LogP contribution in [0.25, 0.3) is 0 Å². The molecule has 0 spiro atoms. The molecule has 18 heavy (non-hydrogen) atoms. The van der Waals surface area contributed by atoms with Gasteiger partial charge in [-0.2, -0.15) is 0 Å². The van der Waals surface area contributed by atoms with Crippen molar-refractivity contribution in [3.63, 3.8) is 0 Å². The first-order chi connectivity index (χ1) is 8.63. The van der Waals surface area contributed by atoms with Crippen LogP contribution >= 0.6 is 11.6 Å². The Bertz CT molecular complexity index is 455. The second kappa shape index (κ2) is 5.49. The maximum absolute atomic E-state index is 10.6. The Labute approximate surface area is 109 Å². The Kier molecular flexibility index (Phi) is 3.98. The van der Waals surface area contributed by atoms with Gasteiger partial charge in [0.25, 0.3) is 5.69 Å². The van der Waals surface area contributed by atoms with E-state index in [4.69, 9.17) is 11.6 Å². The molecule has 1 aromatic rings. The van der Waals surface area contributed by atoms with Crippen LogP contribution in [0.5, 0.6) is 0 Å². The third-order valence-electron chi connectivity index (χ3n) is 3.13. The summed E-state index contributed by atoms with van der Waals surface area (Å²) in [5.74, 6) is 0.515. The van der Waals surface area contributed by atoms with Gasteiger partial charge in [-0.05, 0) is 19.3 Å². The van der Waals surface area contributed by atoms with Crippen molar-refractivity contribution in [3.05, 3.63) is 27.4 Å². The van der Waals surface area contributed by atoms with Crippen molar-refractivity contribution < 1.29 is 10.0 Å². The van der Waals surface area contributed by atoms with Crippen LogP contribution in [0.2, 0.25) is 5.02 Å². The summed E-state index contributed by atoms with van der Waals surface area (Å²) in [5, 5.41) is 20.2. The number of pyridine rings is 1. The third kappa shape index (κ3) is 2.54. The van der Waals surface area contributed by atoms with Crippen LogP contribution in [0.4, 0.5) is 11.5 Å². The number of nitro groups is 1. The predicted molar refractivity (Wildman–Crippen MR) is 68.0 cm³/mol. The predicted octanol–water partition coefficient (Wildman–Crippen LogP) is 1.99. The van der Waals surface area contributed by atoms with Gasteiger partial charge in [-0.15, -0.1) is 0 Å². The molecule has 1 atom stereocenters. The van der Waals surface area contributed by atoms with E-state index in [9.17, 15) is 15.2 Å². The lowest BCUT2D eigenvalue weighted by Crippen LogP contribution is -2.42. The fourth-order valence-electron chi connectivity index (χ4n) is 2.20. The first kappa shape index (κ1) is 13.0. The molecule has 98 valence electrons. The monoisotopic (exact) mass is 271 g/mol. The average Bonchev–Trinajstić information content (AvgIpc) is 2.38. The topological polar surface area (TPSA) is 79.5 Å². The third-order valence-corrected chi connectivity index (χ3v) is 3.41. The average molecular weight is 272 g/mol. The van der Waals surface area contributed by atoms with Crippen molar-refractivity contribution in [2.75, 3.05) is 18.1 Å². The van der Waals surface area contributed by atoms with Crippen LogP contribution in [0.15, 0.2) is 12.3 Å². The molecule has 1 unspecified atom stereocenters. The molecule has 1 aliphatic rings. The lowest BCUT2D eigenvalue weighted by molar-refractivity contribution is -0.385. The second-order valence-corrected chi connectivity index (χ2v) is 4.69. The number of hydrogen-bond acceptors (Lipinski definition) is 5. The smallest absolute Gasteiger partial charge is 0.289 e. The maximum Gasteiger partial charge on any atom is 0.289 e. The van der Waals surface area contributed by atoms with E-state index in [0.717, 1.165) is 25.8 Å². The van der Waals surface area contributed by atoms with Gasteiger partial charge in [-0.1, -0.05) is 11.6 Å². The highest BCUT2D eigenvalue weighted by atomic mass is 35.5. The molecule has 1 saturated heterocycles. The minimum Gasteiger partial charge on any atom is -0.394 e. The highest BCUT2D eigenvalue weighted by Gasteiger charge is 2.25. The van der Waals surface area contributed by atoms with E-state index in [1.807, 2.05) is 4.90 Å². The Morgan fingerprint density at radius 1 is 1.61 bits per heavy atom. The van der Waals surface area contributed by atoms with Gasteiger partial charge in [-0.25, -0.2) is 4.98 Å². The van der Waals surface area contributed by atoms with Gasteiger partial charge in [0.2, 0.25) is 0 Å². The lowest BCUT2D eigenvalue weighted by Gasteiger charge is -2.35. The molecule has 2 heterocycles. The Balaban J connectivity index is 2.29. The van der Waals surface area contributed by atoms with E-state index < -0.39 is 4.92 Å². The summed E-state index contributed by atoms with van der Waals surface area (Å²) in [4.78, 5) is 16.1. The van der Waals surface area contributed by atoms with Crippen LogP contribution < -0.4 is 4.90 Å². The van der Waals surface area contributed by atoms with Crippen molar-refractivity contribution in [1.29, 1.82) is 0 Å². The number of nitrogens with zero attached hydrogens (tertiary/aromatic N) is 3. The highest BCUT2D eigenvalue weighted by molar-refractivity contribution is 6.33. The molecule has 2 rings (SSSR count). The number of piperidine rings is 1. The Hall–Kier alpha value is -1.40. The van der Waals surface area contributed by atoms with Gasteiger partial charge in [0.15, 0.2) is 0 Å². The number of hydrogen-bond donors (Lipinski definition) is 1. The molecular weight excluding hydrogens is 258 g/mol. The van der Waals surface area contributed by atoms with Crippen molar-refractivity contribution >= 4 is 23.1 Å². The fourth-order valence-corrected chi connectivity index (χ4v) is 2.47. The van der Waals surface area contributed by atoms with Crippen molar-refractivity contribution in [2.45, 2.75) is 25.3 Å². The summed E-state index contributed by atoms with van der Waals surface area (Å²) in [6.45, 7) is 0.796. The minimum absolute atomic E-state index is 0.00907. The zero-order valence-electron chi connectivity index (χ0n) is 9.75. The van der Waals surface area contributed by atoms with Gasteiger partial charge in [-0.3, -0.25) is 10.1 Å². The number of halogens is 1. The molecule has 6 nitrogen and oxygen atoms in total. The molecule has 1 N–H and O–H groups in total. The molecule has 0 radical (unpaired) electrons. The number of rotatable bonds is 3. The first-order valence-corrected chi connectivity index (χ1v) is 6.18. The number of aliphatic hydroxyl groups is 1. The Morgan fingerprint density at radius 3 is 3.00 bits per heavy atom. The van der Waals surface area contributed by atoms with Crippen LogP contribution in [0.1, 0.15) is 19.3 Å². The van der Waals surface area contributed by atoms with Crippen molar-refractivity contribution in [1.82, 2.24) is 4.98 Å². The standard InChI is InChI=1S/C11H14ClN3O3/c12-10-5-9(15(17)18)6-13-11(10)14-4-2-1-3-8(14)7-16/h5-6,8,16H,1-4,7H2. The molecule has 0 aromatic carbocycles. The summed E-state index contributed by atoms with van der Waals surface area (Å²) in [7, 11) is 0. The molecule has 1 aliphatic heterocycles. The number of aromatic nitrogens is 1. The van der Waals surface area contributed by atoms with Crippen LogP contribution in [0, 0.1) is 10.1 Å². The number of anilines is 1. The van der Waals surface area contributed by atoms with E-state index in [2.05, 4.69) is 4.98 Å². The minimum atomic E-state index is -0.525. The largest absolute Gasteiger partial charge is 0.394 e. The van der Waals surface area contributed by atoms with E-state index in [1.165, 1.54) is 12.3 Å². The highest BCUT2D eigenvalue weighted by Crippen LogP contribution is 2.31. The van der Waals surface area contributed by atoms with E-state index in [-0.39, 0.29) is 23.4 Å². The molecule has 0 bridgehead atoms. The Morgan fingerprint density at radius 2 is 2.39 bits per heavy atom. The van der Waals surface area contributed by atoms with Crippen LogP contribution in [-0.4, -0.2) is 34.2 Å². The second-order valence-electron chi connectivity index (χ2n) is 4.28. The van der Waals surface area contributed by atoms with E-state index >= 15 is 0 Å². The molecule has 7 heteroatoms. The lowest BCUT2D eigenvalue weighted by atomic mass is 10.0. The quantitative estimate of drug-likeness (QED) is 0.672. The molecule has 1 fully saturated rings. The van der Waals surface area contributed by atoms with Gasteiger partial charge >= 0.3 is 0 Å².